The summed E-state index contributed by atoms with van der Waals surface area (Å²) in [6, 6.07) is 5.73. The van der Waals surface area contributed by atoms with Gasteiger partial charge in [0.25, 0.3) is 0 Å². The van der Waals surface area contributed by atoms with Crippen LogP contribution in [0.5, 0.6) is 5.75 Å². The number of aromatic amines is 1. The minimum absolute atomic E-state index is 0.511. The van der Waals surface area contributed by atoms with E-state index in [0.717, 1.165) is 21.6 Å². The van der Waals surface area contributed by atoms with Crippen molar-refractivity contribution in [3.63, 3.8) is 0 Å². The Labute approximate surface area is 119 Å². The predicted octanol–water partition coefficient (Wildman–Crippen LogP) is 3.22. The Morgan fingerprint density at radius 1 is 1.50 bits per heavy atom. The number of H-pyrrole nitrogens is 1. The highest BCUT2D eigenvalue weighted by atomic mass is 79.9. The second-order valence-electron chi connectivity index (χ2n) is 3.72. The molecule has 0 saturated carbocycles. The molecule has 1 heterocycles. The maximum atomic E-state index is 6.18. The third-order valence-electron chi connectivity index (χ3n) is 2.47. The SMILES string of the molecule is CNCc1nc(-c2cc(Br)ccc2OC)c(Cl)[nH]1. The number of ether oxygens (including phenoxy) is 1. The van der Waals surface area contributed by atoms with Crippen LogP contribution in [-0.2, 0) is 6.54 Å². The van der Waals surface area contributed by atoms with Crippen LogP contribution in [0.2, 0.25) is 5.15 Å². The summed E-state index contributed by atoms with van der Waals surface area (Å²) >= 11 is 9.62. The van der Waals surface area contributed by atoms with Gasteiger partial charge in [-0.2, -0.15) is 0 Å². The minimum atomic E-state index is 0.511. The van der Waals surface area contributed by atoms with Crippen LogP contribution in [0.25, 0.3) is 11.3 Å². The van der Waals surface area contributed by atoms with E-state index in [-0.39, 0.29) is 0 Å². The van der Waals surface area contributed by atoms with Gasteiger partial charge in [0.2, 0.25) is 0 Å². The molecule has 18 heavy (non-hydrogen) atoms. The second kappa shape index (κ2) is 5.73. The van der Waals surface area contributed by atoms with Gasteiger partial charge >= 0.3 is 0 Å². The number of halogens is 2. The zero-order valence-corrected chi connectivity index (χ0v) is 12.4. The summed E-state index contributed by atoms with van der Waals surface area (Å²) in [7, 11) is 3.48. The van der Waals surface area contributed by atoms with Gasteiger partial charge in [-0.1, -0.05) is 27.5 Å². The number of nitrogens with zero attached hydrogens (tertiary/aromatic N) is 1. The molecule has 1 aromatic carbocycles. The molecule has 0 spiro atoms. The van der Waals surface area contributed by atoms with Gasteiger partial charge < -0.3 is 15.0 Å². The first-order valence-electron chi connectivity index (χ1n) is 5.38. The number of methoxy groups -OCH3 is 1. The highest BCUT2D eigenvalue weighted by Crippen LogP contribution is 2.35. The van der Waals surface area contributed by atoms with Gasteiger partial charge in [0.15, 0.2) is 0 Å². The maximum absolute atomic E-state index is 6.18. The Bertz CT molecular complexity index is 556. The van der Waals surface area contributed by atoms with E-state index in [1.807, 2.05) is 25.2 Å². The van der Waals surface area contributed by atoms with Gasteiger partial charge in [-0.15, -0.1) is 0 Å². The minimum Gasteiger partial charge on any atom is -0.496 e. The number of hydrogen-bond acceptors (Lipinski definition) is 3. The predicted molar refractivity (Wildman–Crippen MR) is 76.0 cm³/mol. The molecule has 2 rings (SSSR count). The third kappa shape index (κ3) is 2.68. The summed E-state index contributed by atoms with van der Waals surface area (Å²) in [6.07, 6.45) is 0. The van der Waals surface area contributed by atoms with Crippen molar-refractivity contribution >= 4 is 27.5 Å². The topological polar surface area (TPSA) is 49.9 Å². The maximum Gasteiger partial charge on any atom is 0.134 e. The van der Waals surface area contributed by atoms with Crippen LogP contribution < -0.4 is 10.1 Å². The monoisotopic (exact) mass is 329 g/mol. The Morgan fingerprint density at radius 3 is 2.94 bits per heavy atom. The van der Waals surface area contributed by atoms with Crippen molar-refractivity contribution in [1.29, 1.82) is 0 Å². The molecule has 0 unspecified atom stereocenters. The summed E-state index contributed by atoms with van der Waals surface area (Å²) in [4.78, 5) is 7.50. The van der Waals surface area contributed by atoms with Crippen LogP contribution in [0.1, 0.15) is 5.82 Å². The van der Waals surface area contributed by atoms with E-state index in [2.05, 4.69) is 31.2 Å². The van der Waals surface area contributed by atoms with Crippen molar-refractivity contribution in [2.75, 3.05) is 14.2 Å². The van der Waals surface area contributed by atoms with Gasteiger partial charge in [-0.3, -0.25) is 0 Å². The van der Waals surface area contributed by atoms with Crippen LogP contribution in [0.15, 0.2) is 22.7 Å². The molecule has 0 bridgehead atoms. The Balaban J connectivity index is 2.50. The molecule has 0 amide bonds. The molecule has 96 valence electrons. The van der Waals surface area contributed by atoms with Crippen molar-refractivity contribution in [2.24, 2.45) is 0 Å². The third-order valence-corrected chi connectivity index (χ3v) is 3.24. The summed E-state index contributed by atoms with van der Waals surface area (Å²) in [6.45, 7) is 0.635. The first kappa shape index (κ1) is 13.4. The lowest BCUT2D eigenvalue weighted by atomic mass is 10.1. The van der Waals surface area contributed by atoms with Crippen molar-refractivity contribution in [1.82, 2.24) is 15.3 Å². The zero-order chi connectivity index (χ0) is 13.1. The summed E-state index contributed by atoms with van der Waals surface area (Å²) in [5, 5.41) is 3.53. The van der Waals surface area contributed by atoms with Crippen LogP contribution >= 0.6 is 27.5 Å². The quantitative estimate of drug-likeness (QED) is 0.905. The van der Waals surface area contributed by atoms with Gasteiger partial charge in [0, 0.05) is 10.0 Å². The lowest BCUT2D eigenvalue weighted by Gasteiger charge is -2.06. The first-order chi connectivity index (χ1) is 8.65. The summed E-state index contributed by atoms with van der Waals surface area (Å²) in [5.41, 5.74) is 1.55. The number of rotatable bonds is 4. The molecular weight excluding hydrogens is 318 g/mol. The molecule has 1 aromatic heterocycles. The molecule has 0 aliphatic heterocycles. The summed E-state index contributed by atoms with van der Waals surface area (Å²) in [5.74, 6) is 1.53. The average Bonchev–Trinajstić information content (AvgIpc) is 2.70. The fourth-order valence-electron chi connectivity index (χ4n) is 1.69. The number of imidazole rings is 1. The average molecular weight is 331 g/mol. The van der Waals surface area contributed by atoms with E-state index in [1.165, 1.54) is 0 Å². The van der Waals surface area contributed by atoms with E-state index in [4.69, 9.17) is 16.3 Å². The Kier molecular flexibility index (Phi) is 4.27. The fourth-order valence-corrected chi connectivity index (χ4v) is 2.31. The lowest BCUT2D eigenvalue weighted by Crippen LogP contribution is -2.06. The first-order valence-corrected chi connectivity index (χ1v) is 6.55. The van der Waals surface area contributed by atoms with Gasteiger partial charge in [-0.25, -0.2) is 4.98 Å². The molecule has 2 N–H and O–H groups in total. The molecule has 2 aromatic rings. The number of aromatic nitrogens is 2. The lowest BCUT2D eigenvalue weighted by molar-refractivity contribution is 0.416. The molecule has 0 atom stereocenters. The molecule has 4 nitrogen and oxygen atoms in total. The molecule has 0 saturated heterocycles. The summed E-state index contributed by atoms with van der Waals surface area (Å²) < 4.78 is 6.28. The van der Waals surface area contributed by atoms with Crippen LogP contribution in [0.4, 0.5) is 0 Å². The van der Waals surface area contributed by atoms with E-state index in [9.17, 15) is 0 Å². The molecule has 0 radical (unpaired) electrons. The molecular formula is C12H13BrClN3O. The van der Waals surface area contributed by atoms with Crippen molar-refractivity contribution in [3.05, 3.63) is 33.6 Å². The Hall–Kier alpha value is -1.04. The highest BCUT2D eigenvalue weighted by Gasteiger charge is 2.15. The van der Waals surface area contributed by atoms with Gasteiger partial charge in [-0.05, 0) is 25.2 Å². The van der Waals surface area contributed by atoms with Crippen molar-refractivity contribution < 1.29 is 4.74 Å². The van der Waals surface area contributed by atoms with E-state index in [0.29, 0.717) is 17.4 Å². The van der Waals surface area contributed by atoms with E-state index in [1.54, 1.807) is 7.11 Å². The van der Waals surface area contributed by atoms with E-state index < -0.39 is 0 Å². The largest absolute Gasteiger partial charge is 0.496 e. The Morgan fingerprint density at radius 2 is 2.28 bits per heavy atom. The van der Waals surface area contributed by atoms with E-state index >= 15 is 0 Å². The number of benzene rings is 1. The highest BCUT2D eigenvalue weighted by molar-refractivity contribution is 9.10. The van der Waals surface area contributed by atoms with Crippen LogP contribution in [0, 0.1) is 0 Å². The number of nitrogens with one attached hydrogen (secondary N) is 2. The fraction of sp³-hybridized carbons (Fsp3) is 0.250. The van der Waals surface area contributed by atoms with Crippen LogP contribution in [-0.4, -0.2) is 24.1 Å². The normalized spacial score (nSPS) is 10.7. The second-order valence-corrected chi connectivity index (χ2v) is 5.01. The van der Waals surface area contributed by atoms with Gasteiger partial charge in [0.1, 0.15) is 22.4 Å². The van der Waals surface area contributed by atoms with Crippen molar-refractivity contribution in [2.45, 2.75) is 6.54 Å². The zero-order valence-electron chi connectivity index (χ0n) is 10.1. The smallest absolute Gasteiger partial charge is 0.134 e. The van der Waals surface area contributed by atoms with Crippen LogP contribution in [0.3, 0.4) is 0 Å². The molecule has 6 heteroatoms. The number of hydrogen-bond donors (Lipinski definition) is 2. The standard InChI is InChI=1S/C12H13BrClN3O/c1-15-6-10-16-11(12(14)17-10)8-5-7(13)3-4-9(8)18-2/h3-5,15H,6H2,1-2H3,(H,16,17). The van der Waals surface area contributed by atoms with Gasteiger partial charge in [0.05, 0.1) is 13.7 Å². The molecule has 0 aliphatic carbocycles. The molecule has 0 aliphatic rings. The van der Waals surface area contributed by atoms with Crippen molar-refractivity contribution in [3.8, 4) is 17.0 Å². The molecule has 0 fully saturated rings.